The molecule has 0 unspecified atom stereocenters. The molecule has 11 heavy (non-hydrogen) atoms. The zero-order valence-corrected chi connectivity index (χ0v) is 8.08. The van der Waals surface area contributed by atoms with Gasteiger partial charge in [0, 0.05) is 6.04 Å². The molecule has 0 spiro atoms. The third-order valence-corrected chi connectivity index (χ3v) is 1.77. The fraction of sp³-hybridized carbons (Fsp3) is 0.833. The summed E-state index contributed by atoms with van der Waals surface area (Å²) in [4.78, 5) is 10.1. The first-order chi connectivity index (χ1) is 4.66. The highest BCUT2D eigenvalue weighted by atomic mass is 35.5. The minimum Gasteiger partial charge on any atom is -0.481 e. The van der Waals surface area contributed by atoms with Crippen LogP contribution in [0.3, 0.4) is 0 Å². The maximum Gasteiger partial charge on any atom is 0.304 e. The van der Waals surface area contributed by atoms with Gasteiger partial charge in [-0.2, -0.15) is 11.8 Å². The van der Waals surface area contributed by atoms with Crippen LogP contribution in [0.2, 0.25) is 0 Å². The minimum atomic E-state index is -0.811. The number of thioether (sulfide) groups is 1. The molecule has 0 aromatic rings. The van der Waals surface area contributed by atoms with E-state index in [1.54, 1.807) is 11.8 Å². The van der Waals surface area contributed by atoms with E-state index in [1.807, 2.05) is 6.26 Å². The molecule has 0 aromatic carbocycles. The number of carboxylic acids is 1. The Bertz CT molecular complexity index is 113. The number of rotatable bonds is 5. The van der Waals surface area contributed by atoms with Gasteiger partial charge >= 0.3 is 5.97 Å². The van der Waals surface area contributed by atoms with Gasteiger partial charge in [-0.15, -0.1) is 12.4 Å². The SMILES string of the molecule is CSCC[C@@H](N)CC(=O)O.Cl. The highest BCUT2D eigenvalue weighted by molar-refractivity contribution is 7.98. The van der Waals surface area contributed by atoms with Crippen molar-refractivity contribution in [2.45, 2.75) is 18.9 Å². The van der Waals surface area contributed by atoms with Crippen molar-refractivity contribution < 1.29 is 9.90 Å². The lowest BCUT2D eigenvalue weighted by molar-refractivity contribution is -0.137. The second-order valence-electron chi connectivity index (χ2n) is 2.14. The third kappa shape index (κ3) is 10.1. The van der Waals surface area contributed by atoms with E-state index in [9.17, 15) is 4.79 Å². The van der Waals surface area contributed by atoms with Crippen LogP contribution in [0.25, 0.3) is 0 Å². The van der Waals surface area contributed by atoms with Crippen LogP contribution in [0.5, 0.6) is 0 Å². The van der Waals surface area contributed by atoms with Gasteiger partial charge in [0.1, 0.15) is 0 Å². The summed E-state index contributed by atoms with van der Waals surface area (Å²) < 4.78 is 0. The summed E-state index contributed by atoms with van der Waals surface area (Å²) in [6.07, 6.45) is 2.85. The van der Waals surface area contributed by atoms with E-state index in [0.29, 0.717) is 0 Å². The number of halogens is 1. The Morgan fingerprint density at radius 3 is 2.64 bits per heavy atom. The van der Waals surface area contributed by atoms with Crippen molar-refractivity contribution in [1.29, 1.82) is 0 Å². The lowest BCUT2D eigenvalue weighted by Gasteiger charge is -2.05. The van der Waals surface area contributed by atoms with Crippen molar-refractivity contribution in [3.05, 3.63) is 0 Å². The standard InChI is InChI=1S/C6H13NO2S.ClH/c1-10-3-2-5(7)4-6(8)9;/h5H,2-4,7H2,1H3,(H,8,9);1H/t5-;/m1./s1. The Labute approximate surface area is 77.1 Å². The highest BCUT2D eigenvalue weighted by Gasteiger charge is 2.06. The number of hydrogen-bond donors (Lipinski definition) is 2. The summed E-state index contributed by atoms with van der Waals surface area (Å²) in [5, 5.41) is 8.30. The fourth-order valence-corrected chi connectivity index (χ4v) is 1.13. The van der Waals surface area contributed by atoms with E-state index in [0.717, 1.165) is 12.2 Å². The van der Waals surface area contributed by atoms with Gasteiger partial charge in [-0.3, -0.25) is 4.79 Å². The number of carbonyl (C=O) groups is 1. The maximum absolute atomic E-state index is 10.1. The molecule has 0 saturated carbocycles. The van der Waals surface area contributed by atoms with Crippen LogP contribution in [-0.4, -0.2) is 29.1 Å². The molecule has 1 atom stereocenters. The maximum atomic E-state index is 10.1. The second-order valence-corrected chi connectivity index (χ2v) is 3.13. The number of aliphatic carboxylic acids is 1. The molecule has 0 fully saturated rings. The molecule has 0 aromatic heterocycles. The van der Waals surface area contributed by atoms with Crippen LogP contribution in [0, 0.1) is 0 Å². The van der Waals surface area contributed by atoms with Gasteiger partial charge in [0.05, 0.1) is 6.42 Å². The first-order valence-electron chi connectivity index (χ1n) is 3.13. The predicted molar refractivity (Wildman–Crippen MR) is 50.5 cm³/mol. The number of nitrogens with two attached hydrogens (primary N) is 1. The number of hydrogen-bond acceptors (Lipinski definition) is 3. The summed E-state index contributed by atoms with van der Waals surface area (Å²) >= 11 is 1.68. The smallest absolute Gasteiger partial charge is 0.304 e. The van der Waals surface area contributed by atoms with Crippen LogP contribution in [0.1, 0.15) is 12.8 Å². The van der Waals surface area contributed by atoms with E-state index in [1.165, 1.54) is 0 Å². The van der Waals surface area contributed by atoms with Crippen molar-refractivity contribution in [1.82, 2.24) is 0 Å². The molecule has 0 heterocycles. The van der Waals surface area contributed by atoms with E-state index in [2.05, 4.69) is 0 Å². The van der Waals surface area contributed by atoms with Crippen LogP contribution >= 0.6 is 24.2 Å². The monoisotopic (exact) mass is 199 g/mol. The molecule has 0 radical (unpaired) electrons. The molecule has 5 heteroatoms. The average Bonchev–Trinajstić information content (AvgIpc) is 1.82. The molecule has 0 aliphatic rings. The predicted octanol–water partition coefficient (Wildman–Crippen LogP) is 0.963. The van der Waals surface area contributed by atoms with Crippen molar-refractivity contribution in [3.63, 3.8) is 0 Å². The molecule has 3 nitrogen and oxygen atoms in total. The molecule has 0 rings (SSSR count). The Hall–Kier alpha value is 0.0700. The Balaban J connectivity index is 0. The molecular weight excluding hydrogens is 186 g/mol. The summed E-state index contributed by atoms with van der Waals surface area (Å²) in [6, 6.07) is -0.176. The van der Waals surface area contributed by atoms with E-state index >= 15 is 0 Å². The van der Waals surface area contributed by atoms with E-state index in [-0.39, 0.29) is 24.9 Å². The van der Waals surface area contributed by atoms with Crippen LogP contribution in [-0.2, 0) is 4.79 Å². The summed E-state index contributed by atoms with van der Waals surface area (Å²) in [5.41, 5.74) is 5.47. The topological polar surface area (TPSA) is 63.3 Å². The molecular formula is C6H14ClNO2S. The summed E-state index contributed by atoms with van der Waals surface area (Å²) in [5.74, 6) is 0.127. The largest absolute Gasteiger partial charge is 0.481 e. The van der Waals surface area contributed by atoms with Gasteiger partial charge in [-0.05, 0) is 18.4 Å². The van der Waals surface area contributed by atoms with Gasteiger partial charge in [0.15, 0.2) is 0 Å². The molecule has 68 valence electrons. The summed E-state index contributed by atoms with van der Waals surface area (Å²) in [7, 11) is 0. The van der Waals surface area contributed by atoms with E-state index in [4.69, 9.17) is 10.8 Å². The molecule has 0 bridgehead atoms. The van der Waals surface area contributed by atoms with Crippen LogP contribution in [0.4, 0.5) is 0 Å². The van der Waals surface area contributed by atoms with Crippen LogP contribution in [0.15, 0.2) is 0 Å². The zero-order valence-electron chi connectivity index (χ0n) is 6.45. The van der Waals surface area contributed by atoms with Gasteiger partial charge in [-0.25, -0.2) is 0 Å². The lowest BCUT2D eigenvalue weighted by Crippen LogP contribution is -2.24. The first kappa shape index (κ1) is 13.6. The van der Waals surface area contributed by atoms with Gasteiger partial charge < -0.3 is 10.8 Å². The van der Waals surface area contributed by atoms with E-state index < -0.39 is 5.97 Å². The fourth-order valence-electron chi connectivity index (χ4n) is 0.596. The van der Waals surface area contributed by atoms with Crippen LogP contribution < -0.4 is 5.73 Å². The second kappa shape index (κ2) is 8.17. The molecule has 0 aliphatic heterocycles. The molecule has 3 N–H and O–H groups in total. The van der Waals surface area contributed by atoms with Crippen molar-refractivity contribution in [2.24, 2.45) is 5.73 Å². The van der Waals surface area contributed by atoms with Crippen molar-refractivity contribution in [2.75, 3.05) is 12.0 Å². The molecule has 0 saturated heterocycles. The van der Waals surface area contributed by atoms with Crippen molar-refractivity contribution in [3.8, 4) is 0 Å². The first-order valence-corrected chi connectivity index (χ1v) is 4.52. The van der Waals surface area contributed by atoms with Gasteiger partial charge in [0.2, 0.25) is 0 Å². The Morgan fingerprint density at radius 1 is 1.73 bits per heavy atom. The Morgan fingerprint density at radius 2 is 2.27 bits per heavy atom. The molecule has 0 amide bonds. The number of carboxylic acid groups (broad SMARTS) is 1. The zero-order chi connectivity index (χ0) is 7.98. The third-order valence-electron chi connectivity index (χ3n) is 1.13. The quantitative estimate of drug-likeness (QED) is 0.693. The van der Waals surface area contributed by atoms with Crippen molar-refractivity contribution >= 4 is 30.1 Å². The van der Waals surface area contributed by atoms with Gasteiger partial charge in [0.25, 0.3) is 0 Å². The Kier molecular flexibility index (Phi) is 10.1. The highest BCUT2D eigenvalue weighted by Crippen LogP contribution is 2.01. The lowest BCUT2D eigenvalue weighted by atomic mass is 10.2. The average molecular weight is 200 g/mol. The summed E-state index contributed by atoms with van der Waals surface area (Å²) in [6.45, 7) is 0. The minimum absolute atomic E-state index is 0. The van der Waals surface area contributed by atoms with Gasteiger partial charge in [-0.1, -0.05) is 0 Å². The normalized spacial score (nSPS) is 11.8. The molecule has 0 aliphatic carbocycles.